The van der Waals surface area contributed by atoms with E-state index in [4.69, 9.17) is 14.2 Å². The van der Waals surface area contributed by atoms with Gasteiger partial charge in [0.2, 0.25) is 11.8 Å². The molecule has 1 fully saturated rings. The number of nitrogens with one attached hydrogen (secondary N) is 1. The van der Waals surface area contributed by atoms with Gasteiger partial charge in [-0.2, -0.15) is 0 Å². The second-order valence-electron chi connectivity index (χ2n) is 6.78. The molecule has 1 heterocycles. The third kappa shape index (κ3) is 4.82. The summed E-state index contributed by atoms with van der Waals surface area (Å²) in [7, 11) is 2.96. The van der Waals surface area contributed by atoms with Crippen molar-refractivity contribution in [2.24, 2.45) is 0 Å². The Morgan fingerprint density at radius 3 is 2.35 bits per heavy atom. The zero-order valence-electron chi connectivity index (χ0n) is 17.3. The third-order valence-electron chi connectivity index (χ3n) is 4.71. The first-order valence-corrected chi connectivity index (χ1v) is 9.53. The Morgan fingerprint density at radius 1 is 1.00 bits per heavy atom. The molecule has 1 aliphatic heterocycles. The molecular weight excluding hydrogens is 404 g/mol. The fraction of sp³-hybridized carbons (Fsp3) is 0.273. The number of carbonyl (C=O) groups is 4. The average molecular weight is 426 g/mol. The highest BCUT2D eigenvalue weighted by atomic mass is 16.5. The minimum atomic E-state index is -1.12. The van der Waals surface area contributed by atoms with E-state index in [9.17, 15) is 19.2 Å². The molecule has 0 aromatic heterocycles. The van der Waals surface area contributed by atoms with Crippen LogP contribution in [0.3, 0.4) is 0 Å². The van der Waals surface area contributed by atoms with E-state index in [1.165, 1.54) is 39.3 Å². The minimum absolute atomic E-state index is 0.114. The van der Waals surface area contributed by atoms with Crippen LogP contribution in [0.2, 0.25) is 0 Å². The van der Waals surface area contributed by atoms with Crippen LogP contribution in [0.1, 0.15) is 30.1 Å². The van der Waals surface area contributed by atoms with Crippen LogP contribution in [0.5, 0.6) is 11.5 Å². The number of nitrogens with zero attached hydrogens (tertiary/aromatic N) is 1. The Hall–Kier alpha value is -3.88. The lowest BCUT2D eigenvalue weighted by Gasteiger charge is -2.17. The number of benzene rings is 2. The molecular formula is C22H22N2O7. The summed E-state index contributed by atoms with van der Waals surface area (Å²) in [5.41, 5.74) is 0.770. The molecule has 0 unspecified atom stereocenters. The standard InChI is InChI=1S/C22H22N2O7/c1-13(21(27)23-17-12-16(29-2)7-8-18(17)30-3)31-22(28)14-5-4-6-15(11-14)24-19(25)9-10-20(24)26/h4-8,11-13H,9-10H2,1-3H3,(H,23,27)/t13-/m0/s1. The van der Waals surface area contributed by atoms with Gasteiger partial charge >= 0.3 is 5.97 Å². The van der Waals surface area contributed by atoms with E-state index in [1.54, 1.807) is 24.3 Å². The fourth-order valence-corrected chi connectivity index (χ4v) is 3.06. The van der Waals surface area contributed by atoms with Crippen LogP contribution < -0.4 is 19.7 Å². The van der Waals surface area contributed by atoms with Gasteiger partial charge in [-0.05, 0) is 37.3 Å². The predicted octanol–water partition coefficient (Wildman–Crippen LogP) is 2.54. The van der Waals surface area contributed by atoms with Gasteiger partial charge in [0.25, 0.3) is 5.91 Å². The molecule has 9 nitrogen and oxygen atoms in total. The maximum atomic E-state index is 12.5. The molecule has 0 radical (unpaired) electrons. The van der Waals surface area contributed by atoms with Crippen molar-refractivity contribution in [2.45, 2.75) is 25.9 Å². The fourth-order valence-electron chi connectivity index (χ4n) is 3.06. The molecule has 31 heavy (non-hydrogen) atoms. The molecule has 1 atom stereocenters. The summed E-state index contributed by atoms with van der Waals surface area (Å²) in [5, 5.41) is 2.64. The van der Waals surface area contributed by atoms with Crippen molar-refractivity contribution in [3.63, 3.8) is 0 Å². The zero-order valence-corrected chi connectivity index (χ0v) is 17.3. The number of anilines is 2. The number of hydrogen-bond donors (Lipinski definition) is 1. The Kier molecular flexibility index (Phi) is 6.54. The molecule has 0 saturated carbocycles. The molecule has 3 rings (SSSR count). The molecule has 9 heteroatoms. The van der Waals surface area contributed by atoms with Gasteiger partial charge in [-0.15, -0.1) is 0 Å². The van der Waals surface area contributed by atoms with Crippen molar-refractivity contribution in [1.82, 2.24) is 0 Å². The van der Waals surface area contributed by atoms with Crippen LogP contribution in [0, 0.1) is 0 Å². The lowest BCUT2D eigenvalue weighted by Crippen LogP contribution is -2.30. The largest absolute Gasteiger partial charge is 0.497 e. The number of methoxy groups -OCH3 is 2. The molecule has 2 aromatic carbocycles. The monoisotopic (exact) mass is 426 g/mol. The molecule has 1 N–H and O–H groups in total. The van der Waals surface area contributed by atoms with Gasteiger partial charge in [0.05, 0.1) is 31.2 Å². The van der Waals surface area contributed by atoms with E-state index >= 15 is 0 Å². The Labute approximate surface area is 178 Å². The molecule has 2 aromatic rings. The van der Waals surface area contributed by atoms with E-state index in [0.717, 1.165) is 4.90 Å². The van der Waals surface area contributed by atoms with Crippen LogP contribution in [0.4, 0.5) is 11.4 Å². The first-order valence-electron chi connectivity index (χ1n) is 9.53. The molecule has 0 spiro atoms. The highest BCUT2D eigenvalue weighted by molar-refractivity contribution is 6.20. The highest BCUT2D eigenvalue weighted by Gasteiger charge is 2.31. The molecule has 0 bridgehead atoms. The van der Waals surface area contributed by atoms with Crippen LogP contribution in [0.15, 0.2) is 42.5 Å². The summed E-state index contributed by atoms with van der Waals surface area (Å²) in [4.78, 5) is 49.9. The maximum Gasteiger partial charge on any atom is 0.338 e. The third-order valence-corrected chi connectivity index (χ3v) is 4.71. The van der Waals surface area contributed by atoms with Gasteiger partial charge in [-0.3, -0.25) is 19.3 Å². The van der Waals surface area contributed by atoms with E-state index in [2.05, 4.69) is 5.32 Å². The van der Waals surface area contributed by atoms with Gasteiger partial charge in [0, 0.05) is 18.9 Å². The van der Waals surface area contributed by atoms with Crippen molar-refractivity contribution in [3.05, 3.63) is 48.0 Å². The molecule has 3 amide bonds. The summed E-state index contributed by atoms with van der Waals surface area (Å²) in [6, 6.07) is 10.9. The van der Waals surface area contributed by atoms with Crippen molar-refractivity contribution in [2.75, 3.05) is 24.4 Å². The minimum Gasteiger partial charge on any atom is -0.497 e. The van der Waals surface area contributed by atoms with E-state index in [0.29, 0.717) is 22.9 Å². The molecule has 1 saturated heterocycles. The van der Waals surface area contributed by atoms with Crippen LogP contribution >= 0.6 is 0 Å². The summed E-state index contributed by atoms with van der Waals surface area (Å²) < 4.78 is 15.6. The van der Waals surface area contributed by atoms with Crippen molar-refractivity contribution in [3.8, 4) is 11.5 Å². The van der Waals surface area contributed by atoms with Gasteiger partial charge in [-0.25, -0.2) is 4.79 Å². The van der Waals surface area contributed by atoms with Crippen LogP contribution in [-0.2, 0) is 19.1 Å². The number of esters is 1. The SMILES string of the molecule is COc1ccc(OC)c(NC(=O)[C@H](C)OC(=O)c2cccc(N3C(=O)CCC3=O)c2)c1. The first kappa shape index (κ1) is 21.8. The van der Waals surface area contributed by atoms with Crippen molar-refractivity contribution < 1.29 is 33.4 Å². The molecule has 0 aliphatic carbocycles. The number of ether oxygens (including phenoxy) is 3. The number of imide groups is 1. The van der Waals surface area contributed by atoms with E-state index in [-0.39, 0.29) is 30.2 Å². The second kappa shape index (κ2) is 9.29. The van der Waals surface area contributed by atoms with Gasteiger partial charge in [-0.1, -0.05) is 6.07 Å². The number of rotatable bonds is 7. The Bertz CT molecular complexity index is 1020. The molecule has 1 aliphatic rings. The highest BCUT2D eigenvalue weighted by Crippen LogP contribution is 2.29. The van der Waals surface area contributed by atoms with Gasteiger partial charge < -0.3 is 19.5 Å². The molecule has 162 valence electrons. The predicted molar refractivity (Wildman–Crippen MR) is 111 cm³/mol. The van der Waals surface area contributed by atoms with Gasteiger partial charge in [0.1, 0.15) is 11.5 Å². The number of hydrogen-bond acceptors (Lipinski definition) is 7. The van der Waals surface area contributed by atoms with Crippen LogP contribution in [-0.4, -0.2) is 44.0 Å². The topological polar surface area (TPSA) is 111 Å². The first-order chi connectivity index (χ1) is 14.8. The summed E-state index contributed by atoms with van der Waals surface area (Å²) in [6.45, 7) is 1.43. The lowest BCUT2D eigenvalue weighted by molar-refractivity contribution is -0.124. The number of carbonyl (C=O) groups excluding carboxylic acids is 4. The van der Waals surface area contributed by atoms with Crippen LogP contribution in [0.25, 0.3) is 0 Å². The smallest absolute Gasteiger partial charge is 0.338 e. The normalized spacial score (nSPS) is 14.2. The van der Waals surface area contributed by atoms with Crippen molar-refractivity contribution >= 4 is 35.1 Å². The van der Waals surface area contributed by atoms with E-state index < -0.39 is 18.0 Å². The average Bonchev–Trinajstić information content (AvgIpc) is 3.11. The van der Waals surface area contributed by atoms with E-state index in [1.807, 2.05) is 0 Å². The number of amides is 3. The maximum absolute atomic E-state index is 12.5. The van der Waals surface area contributed by atoms with Gasteiger partial charge in [0.15, 0.2) is 6.10 Å². The summed E-state index contributed by atoms with van der Waals surface area (Å²) >= 11 is 0. The summed E-state index contributed by atoms with van der Waals surface area (Å²) in [5.74, 6) is -1.04. The second-order valence-corrected chi connectivity index (χ2v) is 6.78. The summed E-state index contributed by atoms with van der Waals surface area (Å²) in [6.07, 6.45) is -0.848. The Morgan fingerprint density at radius 2 is 1.71 bits per heavy atom. The quantitative estimate of drug-likeness (QED) is 0.535. The van der Waals surface area contributed by atoms with Crippen molar-refractivity contribution in [1.29, 1.82) is 0 Å². The Balaban J connectivity index is 1.69. The lowest BCUT2D eigenvalue weighted by atomic mass is 10.2. The zero-order chi connectivity index (χ0) is 22.5.